The minimum absolute atomic E-state index is 0.0845. The standard InChI is InChI=1S/C19H25N3O3/c1-5-15-19(23)22-14-7-6-13(8-16(14)24-15)12(4)20-10-18-21-9-17(25-18)11(2)3/h6-9,11-12,15,20H,5,10H2,1-4H3,(H,22,23)/t12-,15+/m1/s1. The lowest BCUT2D eigenvalue weighted by Gasteiger charge is -2.26. The van der Waals surface area contributed by atoms with Crippen molar-refractivity contribution in [3.05, 3.63) is 41.6 Å². The van der Waals surface area contributed by atoms with Crippen LogP contribution in [0.2, 0.25) is 0 Å². The molecule has 2 aromatic rings. The summed E-state index contributed by atoms with van der Waals surface area (Å²) in [6.45, 7) is 8.73. The number of aromatic nitrogens is 1. The van der Waals surface area contributed by atoms with Crippen LogP contribution in [0.4, 0.5) is 5.69 Å². The molecule has 1 aromatic carbocycles. The van der Waals surface area contributed by atoms with E-state index >= 15 is 0 Å². The van der Waals surface area contributed by atoms with Crippen LogP contribution in [0.25, 0.3) is 0 Å². The molecule has 6 heteroatoms. The lowest BCUT2D eigenvalue weighted by Crippen LogP contribution is -2.36. The Bertz CT molecular complexity index is 754. The Morgan fingerprint density at radius 1 is 1.32 bits per heavy atom. The summed E-state index contributed by atoms with van der Waals surface area (Å²) in [7, 11) is 0. The summed E-state index contributed by atoms with van der Waals surface area (Å²) < 4.78 is 11.5. The lowest BCUT2D eigenvalue weighted by atomic mass is 10.1. The minimum atomic E-state index is -0.423. The third-order valence-electron chi connectivity index (χ3n) is 4.40. The largest absolute Gasteiger partial charge is 0.478 e. The van der Waals surface area contributed by atoms with Gasteiger partial charge in [-0.3, -0.25) is 4.79 Å². The van der Waals surface area contributed by atoms with E-state index in [9.17, 15) is 4.79 Å². The summed E-state index contributed by atoms with van der Waals surface area (Å²) in [4.78, 5) is 16.2. The van der Waals surface area contributed by atoms with Crippen LogP contribution in [-0.4, -0.2) is 17.0 Å². The van der Waals surface area contributed by atoms with Crippen molar-refractivity contribution in [1.82, 2.24) is 10.3 Å². The van der Waals surface area contributed by atoms with E-state index in [1.165, 1.54) is 0 Å². The molecule has 0 unspecified atom stereocenters. The van der Waals surface area contributed by atoms with Gasteiger partial charge in [0.25, 0.3) is 5.91 Å². The number of amides is 1. The Morgan fingerprint density at radius 3 is 2.80 bits per heavy atom. The number of hydrogen-bond donors (Lipinski definition) is 2. The van der Waals surface area contributed by atoms with Gasteiger partial charge >= 0.3 is 0 Å². The van der Waals surface area contributed by atoms with Gasteiger partial charge < -0.3 is 19.8 Å². The number of rotatable bonds is 6. The fraction of sp³-hybridized carbons (Fsp3) is 0.474. The van der Waals surface area contributed by atoms with E-state index in [0.717, 1.165) is 22.8 Å². The van der Waals surface area contributed by atoms with Gasteiger partial charge in [0, 0.05) is 12.0 Å². The third-order valence-corrected chi connectivity index (χ3v) is 4.40. The van der Waals surface area contributed by atoms with Crippen molar-refractivity contribution in [2.24, 2.45) is 0 Å². The molecule has 2 N–H and O–H groups in total. The molecule has 0 bridgehead atoms. The Hall–Kier alpha value is -2.34. The van der Waals surface area contributed by atoms with Crippen LogP contribution in [0.5, 0.6) is 5.75 Å². The predicted molar refractivity (Wildman–Crippen MR) is 95.6 cm³/mol. The highest BCUT2D eigenvalue weighted by atomic mass is 16.5. The molecule has 1 aromatic heterocycles. The van der Waals surface area contributed by atoms with Gasteiger partial charge in [0.15, 0.2) is 6.10 Å². The summed E-state index contributed by atoms with van der Waals surface area (Å²) >= 11 is 0. The van der Waals surface area contributed by atoms with Gasteiger partial charge in [0.05, 0.1) is 18.4 Å². The van der Waals surface area contributed by atoms with Gasteiger partial charge in [-0.05, 0) is 31.0 Å². The number of nitrogens with one attached hydrogen (secondary N) is 2. The topological polar surface area (TPSA) is 76.4 Å². The fourth-order valence-corrected chi connectivity index (χ4v) is 2.73. The van der Waals surface area contributed by atoms with Gasteiger partial charge in [-0.2, -0.15) is 0 Å². The van der Waals surface area contributed by atoms with E-state index in [0.29, 0.717) is 24.8 Å². The number of carbonyl (C=O) groups is 1. The van der Waals surface area contributed by atoms with E-state index in [1.54, 1.807) is 6.20 Å². The number of benzene rings is 1. The normalized spacial score (nSPS) is 17.8. The van der Waals surface area contributed by atoms with Gasteiger partial charge in [0.1, 0.15) is 11.5 Å². The van der Waals surface area contributed by atoms with E-state index in [-0.39, 0.29) is 11.9 Å². The number of fused-ring (bicyclic) bond motifs is 1. The van der Waals surface area contributed by atoms with Gasteiger partial charge in [0.2, 0.25) is 5.89 Å². The summed E-state index contributed by atoms with van der Waals surface area (Å²) in [6, 6.07) is 5.95. The number of oxazole rings is 1. The number of carbonyl (C=O) groups excluding carboxylic acids is 1. The molecule has 0 spiro atoms. The number of anilines is 1. The first-order chi connectivity index (χ1) is 12.0. The minimum Gasteiger partial charge on any atom is -0.478 e. The highest BCUT2D eigenvalue weighted by molar-refractivity contribution is 5.97. The van der Waals surface area contributed by atoms with Crippen molar-refractivity contribution < 1.29 is 13.9 Å². The van der Waals surface area contributed by atoms with Crippen LogP contribution in [0, 0.1) is 0 Å². The quantitative estimate of drug-likeness (QED) is 0.835. The SMILES string of the molecule is CC[C@@H]1Oc2cc([C@@H](C)NCc3ncc(C(C)C)o3)ccc2NC1=O. The Morgan fingerprint density at radius 2 is 2.12 bits per heavy atom. The number of ether oxygens (including phenoxy) is 1. The maximum Gasteiger partial charge on any atom is 0.265 e. The van der Waals surface area contributed by atoms with E-state index < -0.39 is 6.10 Å². The molecule has 0 fully saturated rings. The summed E-state index contributed by atoms with van der Waals surface area (Å²) in [5.41, 5.74) is 1.81. The Balaban J connectivity index is 1.66. The zero-order valence-corrected chi connectivity index (χ0v) is 15.1. The molecule has 1 aliphatic rings. The van der Waals surface area contributed by atoms with Crippen molar-refractivity contribution >= 4 is 11.6 Å². The molecule has 0 saturated heterocycles. The second kappa shape index (κ2) is 7.27. The monoisotopic (exact) mass is 343 g/mol. The van der Waals surface area contributed by atoms with Crippen molar-refractivity contribution in [2.45, 2.75) is 58.7 Å². The molecule has 2 heterocycles. The first-order valence-electron chi connectivity index (χ1n) is 8.77. The first kappa shape index (κ1) is 17.5. The van der Waals surface area contributed by atoms with Crippen molar-refractivity contribution in [2.75, 3.05) is 5.32 Å². The molecule has 0 radical (unpaired) electrons. The molecular weight excluding hydrogens is 318 g/mol. The average Bonchev–Trinajstić information content (AvgIpc) is 3.08. The van der Waals surface area contributed by atoms with Crippen LogP contribution in [-0.2, 0) is 11.3 Å². The molecule has 134 valence electrons. The summed E-state index contributed by atoms with van der Waals surface area (Å²) in [6.07, 6.45) is 2.01. The highest BCUT2D eigenvalue weighted by Gasteiger charge is 2.26. The summed E-state index contributed by atoms with van der Waals surface area (Å²) in [5.74, 6) is 2.55. The highest BCUT2D eigenvalue weighted by Crippen LogP contribution is 2.33. The van der Waals surface area contributed by atoms with Crippen LogP contribution < -0.4 is 15.4 Å². The van der Waals surface area contributed by atoms with Gasteiger partial charge in [-0.15, -0.1) is 0 Å². The maximum absolute atomic E-state index is 11.9. The molecule has 6 nitrogen and oxygen atoms in total. The average molecular weight is 343 g/mol. The predicted octanol–water partition coefficient (Wildman–Crippen LogP) is 3.76. The fourth-order valence-electron chi connectivity index (χ4n) is 2.73. The molecular formula is C19H25N3O3. The number of hydrogen-bond acceptors (Lipinski definition) is 5. The zero-order valence-electron chi connectivity index (χ0n) is 15.1. The van der Waals surface area contributed by atoms with Crippen molar-refractivity contribution in [1.29, 1.82) is 0 Å². The van der Waals surface area contributed by atoms with Crippen LogP contribution >= 0.6 is 0 Å². The summed E-state index contributed by atoms with van der Waals surface area (Å²) in [5, 5.41) is 6.30. The molecule has 1 amide bonds. The lowest BCUT2D eigenvalue weighted by molar-refractivity contribution is -0.123. The van der Waals surface area contributed by atoms with Gasteiger partial charge in [-0.1, -0.05) is 26.8 Å². The maximum atomic E-state index is 11.9. The van der Waals surface area contributed by atoms with Crippen LogP contribution in [0.3, 0.4) is 0 Å². The Kier molecular flexibility index (Phi) is 5.08. The molecule has 3 rings (SSSR count). The van der Waals surface area contributed by atoms with Gasteiger partial charge in [-0.25, -0.2) is 4.98 Å². The third kappa shape index (κ3) is 3.85. The van der Waals surface area contributed by atoms with E-state index in [2.05, 4.69) is 36.4 Å². The second-order valence-corrected chi connectivity index (χ2v) is 6.67. The Labute approximate surface area is 148 Å². The second-order valence-electron chi connectivity index (χ2n) is 6.67. The first-order valence-corrected chi connectivity index (χ1v) is 8.77. The number of nitrogens with zero attached hydrogens (tertiary/aromatic N) is 1. The van der Waals surface area contributed by atoms with E-state index in [4.69, 9.17) is 9.15 Å². The molecule has 2 atom stereocenters. The van der Waals surface area contributed by atoms with E-state index in [1.807, 2.05) is 25.1 Å². The van der Waals surface area contributed by atoms with Crippen LogP contribution in [0.1, 0.15) is 63.3 Å². The van der Waals surface area contributed by atoms with Crippen molar-refractivity contribution in [3.63, 3.8) is 0 Å². The molecule has 25 heavy (non-hydrogen) atoms. The molecule has 1 aliphatic heterocycles. The molecule has 0 saturated carbocycles. The molecule has 0 aliphatic carbocycles. The smallest absolute Gasteiger partial charge is 0.265 e. The van der Waals surface area contributed by atoms with Crippen LogP contribution in [0.15, 0.2) is 28.8 Å². The van der Waals surface area contributed by atoms with Crippen molar-refractivity contribution in [3.8, 4) is 5.75 Å². The zero-order chi connectivity index (χ0) is 18.0.